The van der Waals surface area contributed by atoms with Crippen molar-refractivity contribution in [3.63, 3.8) is 0 Å². The summed E-state index contributed by atoms with van der Waals surface area (Å²) < 4.78 is 0. The van der Waals surface area contributed by atoms with E-state index in [0.717, 1.165) is 11.8 Å². The maximum Gasteiger partial charge on any atom is -0.00872 e. The van der Waals surface area contributed by atoms with Crippen LogP contribution in [0.15, 0.2) is 29.4 Å². The standard InChI is InChI=1S/C14H17/c1-3-7-13-11(5-1)9-10-12-6-2-4-8-14(12)13/h1,5,10,13-14H,2-4,6-8H2. The number of fused-ring (bicyclic) bond motifs is 3. The summed E-state index contributed by atoms with van der Waals surface area (Å²) in [7, 11) is 0. The van der Waals surface area contributed by atoms with Crippen molar-refractivity contribution in [2.45, 2.75) is 38.5 Å². The fraction of sp³-hybridized carbons (Fsp3) is 0.571. The fourth-order valence-electron chi connectivity index (χ4n) is 3.22. The Morgan fingerprint density at radius 2 is 2.14 bits per heavy atom. The molecule has 0 aliphatic heterocycles. The molecule has 1 fully saturated rings. The van der Waals surface area contributed by atoms with Gasteiger partial charge >= 0.3 is 0 Å². The molecule has 0 amide bonds. The Morgan fingerprint density at radius 1 is 1.14 bits per heavy atom. The highest BCUT2D eigenvalue weighted by atomic mass is 14.4. The van der Waals surface area contributed by atoms with Crippen LogP contribution in [-0.2, 0) is 0 Å². The number of allylic oxidation sites excluding steroid dienone is 6. The van der Waals surface area contributed by atoms with E-state index < -0.39 is 0 Å². The van der Waals surface area contributed by atoms with Gasteiger partial charge in [-0.15, -0.1) is 0 Å². The van der Waals surface area contributed by atoms with E-state index in [1.165, 1.54) is 44.1 Å². The van der Waals surface area contributed by atoms with Gasteiger partial charge in [-0.25, -0.2) is 0 Å². The van der Waals surface area contributed by atoms with Crippen LogP contribution in [0.3, 0.4) is 0 Å². The predicted octanol–water partition coefficient (Wildman–Crippen LogP) is 3.81. The molecule has 14 heavy (non-hydrogen) atoms. The summed E-state index contributed by atoms with van der Waals surface area (Å²) in [4.78, 5) is 0. The summed E-state index contributed by atoms with van der Waals surface area (Å²) in [6, 6.07) is 0. The van der Waals surface area contributed by atoms with E-state index in [1.807, 2.05) is 0 Å². The van der Waals surface area contributed by atoms with Crippen molar-refractivity contribution in [2.75, 3.05) is 0 Å². The van der Waals surface area contributed by atoms with Crippen LogP contribution in [0.5, 0.6) is 0 Å². The van der Waals surface area contributed by atoms with Crippen LogP contribution in [0.25, 0.3) is 0 Å². The van der Waals surface area contributed by atoms with Crippen molar-refractivity contribution in [2.24, 2.45) is 11.8 Å². The molecular weight excluding hydrogens is 168 g/mol. The zero-order valence-electron chi connectivity index (χ0n) is 8.63. The second-order valence-corrected chi connectivity index (χ2v) is 4.76. The van der Waals surface area contributed by atoms with E-state index in [1.54, 1.807) is 5.57 Å². The van der Waals surface area contributed by atoms with Crippen molar-refractivity contribution in [3.05, 3.63) is 35.5 Å². The minimum absolute atomic E-state index is 0.820. The molecule has 73 valence electrons. The summed E-state index contributed by atoms with van der Waals surface area (Å²) in [6.45, 7) is 0. The van der Waals surface area contributed by atoms with Crippen LogP contribution in [0.2, 0.25) is 0 Å². The summed E-state index contributed by atoms with van der Waals surface area (Å²) >= 11 is 0. The second-order valence-electron chi connectivity index (χ2n) is 4.76. The van der Waals surface area contributed by atoms with Crippen LogP contribution in [0, 0.1) is 17.9 Å². The van der Waals surface area contributed by atoms with Gasteiger partial charge < -0.3 is 0 Å². The van der Waals surface area contributed by atoms with Gasteiger partial charge in [0.05, 0.1) is 0 Å². The molecule has 3 aliphatic rings. The van der Waals surface area contributed by atoms with Crippen LogP contribution < -0.4 is 0 Å². The lowest BCUT2D eigenvalue weighted by Gasteiger charge is -2.37. The molecule has 2 atom stereocenters. The largest absolute Gasteiger partial charge is 0.0842 e. The normalized spacial score (nSPS) is 35.4. The zero-order chi connectivity index (χ0) is 9.38. The molecule has 0 aromatic rings. The third-order valence-electron chi connectivity index (χ3n) is 3.96. The Morgan fingerprint density at radius 3 is 3.14 bits per heavy atom. The van der Waals surface area contributed by atoms with Crippen molar-refractivity contribution in [1.29, 1.82) is 0 Å². The molecule has 0 spiro atoms. The molecule has 0 aromatic carbocycles. The first-order valence-corrected chi connectivity index (χ1v) is 5.94. The molecule has 0 nitrogen and oxygen atoms in total. The maximum atomic E-state index is 3.49. The Balaban J connectivity index is 1.95. The van der Waals surface area contributed by atoms with Crippen LogP contribution in [0.1, 0.15) is 38.5 Å². The van der Waals surface area contributed by atoms with E-state index >= 15 is 0 Å². The first-order valence-electron chi connectivity index (χ1n) is 5.94. The molecule has 0 heteroatoms. The molecule has 0 N–H and O–H groups in total. The Hall–Kier alpha value is -0.780. The Bertz CT molecular complexity index is 317. The SMILES string of the molecule is [C]1=C2C=CCCC2C2CCCCC2=C1. The Kier molecular flexibility index (Phi) is 2.08. The van der Waals surface area contributed by atoms with Gasteiger partial charge in [-0.1, -0.05) is 30.2 Å². The van der Waals surface area contributed by atoms with Crippen molar-refractivity contribution >= 4 is 0 Å². The van der Waals surface area contributed by atoms with Crippen LogP contribution in [-0.4, -0.2) is 0 Å². The van der Waals surface area contributed by atoms with Gasteiger partial charge in [0.25, 0.3) is 0 Å². The lowest BCUT2D eigenvalue weighted by Crippen LogP contribution is -2.25. The molecule has 3 aliphatic carbocycles. The average molecular weight is 185 g/mol. The molecular formula is C14H17. The number of rotatable bonds is 0. The lowest BCUT2D eigenvalue weighted by atomic mass is 9.68. The second kappa shape index (κ2) is 3.42. The van der Waals surface area contributed by atoms with Crippen molar-refractivity contribution < 1.29 is 0 Å². The summed E-state index contributed by atoms with van der Waals surface area (Å²) in [5.41, 5.74) is 3.17. The molecule has 0 aromatic heterocycles. The molecule has 0 heterocycles. The van der Waals surface area contributed by atoms with E-state index in [0.29, 0.717) is 0 Å². The van der Waals surface area contributed by atoms with Gasteiger partial charge in [0.15, 0.2) is 0 Å². The van der Waals surface area contributed by atoms with Gasteiger partial charge in [0.2, 0.25) is 0 Å². The van der Waals surface area contributed by atoms with Crippen molar-refractivity contribution in [1.82, 2.24) is 0 Å². The quantitative estimate of drug-likeness (QED) is 0.538. The van der Waals surface area contributed by atoms with E-state index in [-0.39, 0.29) is 0 Å². The highest BCUT2D eigenvalue weighted by Crippen LogP contribution is 2.44. The lowest BCUT2D eigenvalue weighted by molar-refractivity contribution is 0.331. The fourth-order valence-corrected chi connectivity index (χ4v) is 3.22. The monoisotopic (exact) mass is 185 g/mol. The van der Waals surface area contributed by atoms with Gasteiger partial charge in [-0.3, -0.25) is 0 Å². The van der Waals surface area contributed by atoms with Crippen LogP contribution >= 0.6 is 0 Å². The van der Waals surface area contributed by atoms with Gasteiger partial charge in [-0.2, -0.15) is 0 Å². The summed E-state index contributed by atoms with van der Waals surface area (Å²) in [5.74, 6) is 1.70. The highest BCUT2D eigenvalue weighted by Gasteiger charge is 2.31. The van der Waals surface area contributed by atoms with Gasteiger partial charge in [0, 0.05) is 0 Å². The predicted molar refractivity (Wildman–Crippen MR) is 58.7 cm³/mol. The summed E-state index contributed by atoms with van der Waals surface area (Å²) in [6.07, 6.45) is 18.6. The molecule has 1 saturated carbocycles. The highest BCUT2D eigenvalue weighted by molar-refractivity contribution is 5.34. The minimum atomic E-state index is 0.820. The first kappa shape index (κ1) is 8.52. The molecule has 0 bridgehead atoms. The molecule has 2 unspecified atom stereocenters. The molecule has 1 radical (unpaired) electrons. The van der Waals surface area contributed by atoms with E-state index in [9.17, 15) is 0 Å². The van der Waals surface area contributed by atoms with Crippen molar-refractivity contribution in [3.8, 4) is 0 Å². The molecule has 0 saturated heterocycles. The number of hydrogen-bond donors (Lipinski definition) is 0. The van der Waals surface area contributed by atoms with Gasteiger partial charge in [0.1, 0.15) is 0 Å². The van der Waals surface area contributed by atoms with Gasteiger partial charge in [-0.05, 0) is 55.6 Å². The molecule has 3 rings (SSSR count). The maximum absolute atomic E-state index is 3.49. The first-order chi connectivity index (χ1) is 6.95. The minimum Gasteiger partial charge on any atom is -0.0842 e. The topological polar surface area (TPSA) is 0 Å². The Labute approximate surface area is 86.4 Å². The summed E-state index contributed by atoms with van der Waals surface area (Å²) in [5, 5.41) is 0. The zero-order valence-corrected chi connectivity index (χ0v) is 8.63. The van der Waals surface area contributed by atoms with E-state index in [4.69, 9.17) is 0 Å². The van der Waals surface area contributed by atoms with Crippen LogP contribution in [0.4, 0.5) is 0 Å². The third-order valence-corrected chi connectivity index (χ3v) is 3.96. The smallest absolute Gasteiger partial charge is 0.00872 e. The average Bonchev–Trinajstić information content (AvgIpc) is 2.29. The third kappa shape index (κ3) is 1.28. The van der Waals surface area contributed by atoms with E-state index in [2.05, 4.69) is 24.3 Å². The number of hydrogen-bond acceptors (Lipinski definition) is 0.